The van der Waals surface area contributed by atoms with Gasteiger partial charge in [0, 0.05) is 24.4 Å². The smallest absolute Gasteiger partial charge is 0.168 e. The largest absolute Gasteiger partial charge is 0.294 e. The molecular weight excluding hydrogens is 236 g/mol. The summed E-state index contributed by atoms with van der Waals surface area (Å²) >= 11 is 0. The Labute approximate surface area is 103 Å². The number of aromatic nitrogens is 1. The van der Waals surface area contributed by atoms with Crippen molar-refractivity contribution in [2.75, 3.05) is 0 Å². The Balaban J connectivity index is 2.24. The first-order chi connectivity index (χ1) is 8.58. The molecule has 18 heavy (non-hydrogen) atoms. The summed E-state index contributed by atoms with van der Waals surface area (Å²) in [5.41, 5.74) is 1.31. The van der Waals surface area contributed by atoms with E-state index >= 15 is 0 Å². The molecule has 0 bridgehead atoms. The van der Waals surface area contributed by atoms with Crippen molar-refractivity contribution in [1.82, 2.24) is 4.98 Å². The molecule has 0 aliphatic rings. The number of hydrogen-bond donors (Lipinski definition) is 0. The minimum absolute atomic E-state index is 0.0570. The summed E-state index contributed by atoms with van der Waals surface area (Å²) in [6.45, 7) is 1.81. The zero-order valence-electron chi connectivity index (χ0n) is 9.78. The molecule has 4 heteroatoms. The van der Waals surface area contributed by atoms with Gasteiger partial charge in [-0.3, -0.25) is 9.78 Å². The van der Waals surface area contributed by atoms with E-state index in [2.05, 4.69) is 4.98 Å². The first kappa shape index (κ1) is 12.4. The number of carbonyl (C=O) groups is 1. The lowest BCUT2D eigenvalue weighted by Gasteiger charge is -2.04. The molecule has 0 aliphatic carbocycles. The Kier molecular flexibility index (Phi) is 3.46. The van der Waals surface area contributed by atoms with E-state index in [0.717, 1.165) is 11.6 Å². The molecule has 1 aromatic heterocycles. The van der Waals surface area contributed by atoms with E-state index in [0.29, 0.717) is 5.56 Å². The Morgan fingerprint density at radius 3 is 2.78 bits per heavy atom. The van der Waals surface area contributed by atoms with Crippen LogP contribution < -0.4 is 0 Å². The van der Waals surface area contributed by atoms with Crippen molar-refractivity contribution in [1.29, 1.82) is 0 Å². The van der Waals surface area contributed by atoms with Crippen LogP contribution in [0.1, 0.15) is 21.5 Å². The Morgan fingerprint density at radius 2 is 2.06 bits per heavy atom. The second-order valence-electron chi connectivity index (χ2n) is 4.06. The maximum absolute atomic E-state index is 13.4. The van der Waals surface area contributed by atoms with Crippen molar-refractivity contribution < 1.29 is 13.6 Å². The number of hydrogen-bond acceptors (Lipinski definition) is 2. The molecule has 0 spiro atoms. The molecule has 0 fully saturated rings. The average molecular weight is 247 g/mol. The van der Waals surface area contributed by atoms with Crippen molar-refractivity contribution in [2.24, 2.45) is 0 Å². The number of halogens is 2. The molecule has 2 rings (SSSR count). The van der Waals surface area contributed by atoms with Crippen LogP contribution in [0.15, 0.2) is 36.7 Å². The van der Waals surface area contributed by atoms with Gasteiger partial charge in [0.05, 0.1) is 0 Å². The maximum Gasteiger partial charge on any atom is 0.168 e. The lowest BCUT2D eigenvalue weighted by Crippen LogP contribution is -2.06. The summed E-state index contributed by atoms with van der Waals surface area (Å²) in [4.78, 5) is 15.8. The van der Waals surface area contributed by atoms with Gasteiger partial charge >= 0.3 is 0 Å². The molecule has 0 amide bonds. The molecule has 0 radical (unpaired) electrons. The minimum atomic E-state index is -0.966. The summed E-state index contributed by atoms with van der Waals surface area (Å²) in [5.74, 6) is -2.19. The van der Waals surface area contributed by atoms with E-state index in [4.69, 9.17) is 0 Å². The van der Waals surface area contributed by atoms with E-state index in [1.54, 1.807) is 12.3 Å². The third-order valence-corrected chi connectivity index (χ3v) is 2.58. The molecule has 2 nitrogen and oxygen atoms in total. The number of aryl methyl sites for hydroxylation is 1. The number of rotatable bonds is 3. The highest BCUT2D eigenvalue weighted by Gasteiger charge is 2.13. The van der Waals surface area contributed by atoms with Gasteiger partial charge in [-0.25, -0.2) is 8.78 Å². The van der Waals surface area contributed by atoms with Crippen molar-refractivity contribution in [2.45, 2.75) is 13.3 Å². The second kappa shape index (κ2) is 5.04. The molecule has 92 valence electrons. The van der Waals surface area contributed by atoms with Crippen LogP contribution in [-0.4, -0.2) is 10.8 Å². The van der Waals surface area contributed by atoms with E-state index in [9.17, 15) is 13.6 Å². The van der Waals surface area contributed by atoms with Gasteiger partial charge in [0.25, 0.3) is 0 Å². The van der Waals surface area contributed by atoms with Gasteiger partial charge in [0.2, 0.25) is 0 Å². The normalized spacial score (nSPS) is 10.4. The van der Waals surface area contributed by atoms with Crippen LogP contribution in [-0.2, 0) is 6.42 Å². The fraction of sp³-hybridized carbons (Fsp3) is 0.143. The number of nitrogens with zero attached hydrogens (tertiary/aromatic N) is 1. The quantitative estimate of drug-likeness (QED) is 0.780. The number of benzene rings is 1. The van der Waals surface area contributed by atoms with Gasteiger partial charge in [0.15, 0.2) is 17.4 Å². The third-order valence-electron chi connectivity index (χ3n) is 2.58. The zero-order chi connectivity index (χ0) is 13.1. The van der Waals surface area contributed by atoms with Crippen LogP contribution >= 0.6 is 0 Å². The van der Waals surface area contributed by atoms with Crippen molar-refractivity contribution in [3.8, 4) is 0 Å². The fourth-order valence-electron chi connectivity index (χ4n) is 1.67. The third kappa shape index (κ3) is 2.59. The molecular formula is C14H11F2NO. The Hall–Kier alpha value is -2.10. The lowest BCUT2D eigenvalue weighted by molar-refractivity contribution is 0.0991. The standard InChI is InChI=1S/C14H11F2NO/c1-9-5-11(8-17-7-9)13(18)6-10-3-2-4-12(15)14(10)16/h2-5,7-8H,6H2,1H3. The van der Waals surface area contributed by atoms with Crippen LogP contribution in [0, 0.1) is 18.6 Å². The highest BCUT2D eigenvalue weighted by molar-refractivity contribution is 5.97. The fourth-order valence-corrected chi connectivity index (χ4v) is 1.67. The van der Waals surface area contributed by atoms with Gasteiger partial charge in [0.1, 0.15) is 0 Å². The predicted octanol–water partition coefficient (Wildman–Crippen LogP) is 3.09. The van der Waals surface area contributed by atoms with E-state index in [1.165, 1.54) is 18.3 Å². The molecule has 2 aromatic rings. The van der Waals surface area contributed by atoms with Gasteiger partial charge in [-0.05, 0) is 30.2 Å². The van der Waals surface area contributed by atoms with Crippen LogP contribution in [0.5, 0.6) is 0 Å². The van der Waals surface area contributed by atoms with Gasteiger partial charge in [-0.15, -0.1) is 0 Å². The SMILES string of the molecule is Cc1cncc(C(=O)Cc2cccc(F)c2F)c1. The van der Waals surface area contributed by atoms with Crippen LogP contribution in [0.4, 0.5) is 8.78 Å². The van der Waals surface area contributed by atoms with E-state index in [1.807, 2.05) is 6.92 Å². The highest BCUT2D eigenvalue weighted by atomic mass is 19.2. The molecule has 0 aliphatic heterocycles. The van der Waals surface area contributed by atoms with Crippen LogP contribution in [0.3, 0.4) is 0 Å². The monoisotopic (exact) mass is 247 g/mol. The number of carbonyl (C=O) groups excluding carboxylic acids is 1. The molecule has 1 heterocycles. The van der Waals surface area contributed by atoms with Crippen molar-refractivity contribution in [3.05, 3.63) is 65.0 Å². The van der Waals surface area contributed by atoms with Gasteiger partial charge < -0.3 is 0 Å². The number of pyridine rings is 1. The van der Waals surface area contributed by atoms with Gasteiger partial charge in [-0.2, -0.15) is 0 Å². The summed E-state index contributed by atoms with van der Waals surface area (Å²) in [6.07, 6.45) is 2.88. The minimum Gasteiger partial charge on any atom is -0.294 e. The number of Topliss-reactive ketones (excluding diaryl/α,β-unsaturated/α-hetero) is 1. The predicted molar refractivity (Wildman–Crippen MR) is 63.4 cm³/mol. The van der Waals surface area contributed by atoms with E-state index in [-0.39, 0.29) is 17.8 Å². The highest BCUT2D eigenvalue weighted by Crippen LogP contribution is 2.14. The van der Waals surface area contributed by atoms with Crippen LogP contribution in [0.25, 0.3) is 0 Å². The Morgan fingerprint density at radius 1 is 1.28 bits per heavy atom. The average Bonchev–Trinajstić information content (AvgIpc) is 2.35. The zero-order valence-corrected chi connectivity index (χ0v) is 9.78. The topological polar surface area (TPSA) is 30.0 Å². The van der Waals surface area contributed by atoms with Gasteiger partial charge in [-0.1, -0.05) is 12.1 Å². The molecule has 0 atom stereocenters. The summed E-state index contributed by atoms with van der Waals surface area (Å²) < 4.78 is 26.4. The molecule has 0 unspecified atom stereocenters. The molecule has 0 saturated carbocycles. The first-order valence-corrected chi connectivity index (χ1v) is 5.45. The van der Waals surface area contributed by atoms with Crippen molar-refractivity contribution in [3.63, 3.8) is 0 Å². The summed E-state index contributed by atoms with van der Waals surface area (Å²) in [7, 11) is 0. The maximum atomic E-state index is 13.4. The molecule has 0 saturated heterocycles. The lowest BCUT2D eigenvalue weighted by atomic mass is 10.0. The summed E-state index contributed by atoms with van der Waals surface area (Å²) in [5, 5.41) is 0. The Bertz CT molecular complexity index is 596. The van der Waals surface area contributed by atoms with E-state index < -0.39 is 11.6 Å². The molecule has 1 aromatic carbocycles. The van der Waals surface area contributed by atoms with Crippen molar-refractivity contribution >= 4 is 5.78 Å². The van der Waals surface area contributed by atoms with Crippen LogP contribution in [0.2, 0.25) is 0 Å². The summed E-state index contributed by atoms with van der Waals surface area (Å²) in [6, 6.07) is 5.49. The first-order valence-electron chi connectivity index (χ1n) is 5.45. The number of ketones is 1. The molecule has 0 N–H and O–H groups in total. The second-order valence-corrected chi connectivity index (χ2v) is 4.06.